The molecule has 0 radical (unpaired) electrons. The highest BCUT2D eigenvalue weighted by molar-refractivity contribution is 8.00. The fraction of sp³-hybridized carbons (Fsp3) is 0.533. The molecule has 2 rings (SSSR count). The van der Waals surface area contributed by atoms with Gasteiger partial charge in [-0.3, -0.25) is 4.90 Å². The number of thioether (sulfide) groups is 1. The zero-order valence-electron chi connectivity index (χ0n) is 12.5. The van der Waals surface area contributed by atoms with E-state index in [1.807, 2.05) is 11.8 Å². The van der Waals surface area contributed by atoms with Gasteiger partial charge in [0.2, 0.25) is 0 Å². The van der Waals surface area contributed by atoms with E-state index in [0.29, 0.717) is 12.1 Å². The molecular formula is C15H22FN3OS. The van der Waals surface area contributed by atoms with Crippen LogP contribution in [-0.4, -0.2) is 39.5 Å². The highest BCUT2D eigenvalue weighted by atomic mass is 32.2. The van der Waals surface area contributed by atoms with Crippen molar-refractivity contribution in [3.05, 3.63) is 35.1 Å². The maximum Gasteiger partial charge on any atom is 0.173 e. The number of hydrogen-bond acceptors (Lipinski definition) is 4. The van der Waals surface area contributed by atoms with Gasteiger partial charge in [0.15, 0.2) is 5.84 Å². The van der Waals surface area contributed by atoms with Gasteiger partial charge in [0.1, 0.15) is 5.82 Å². The zero-order chi connectivity index (χ0) is 15.5. The fourth-order valence-corrected chi connectivity index (χ4v) is 3.55. The number of halogens is 1. The van der Waals surface area contributed by atoms with Crippen molar-refractivity contribution >= 4 is 17.6 Å². The van der Waals surface area contributed by atoms with Crippen molar-refractivity contribution in [1.29, 1.82) is 0 Å². The molecule has 116 valence electrons. The molecule has 0 unspecified atom stereocenters. The average molecular weight is 311 g/mol. The summed E-state index contributed by atoms with van der Waals surface area (Å²) in [5.74, 6) is 0.458. The van der Waals surface area contributed by atoms with E-state index >= 15 is 0 Å². The van der Waals surface area contributed by atoms with E-state index in [4.69, 9.17) is 10.9 Å². The molecule has 3 N–H and O–H groups in total. The normalized spacial score (nSPS) is 20.2. The lowest BCUT2D eigenvalue weighted by Gasteiger charge is -2.23. The number of nitrogens with two attached hydrogens (primary N) is 1. The SMILES string of the molecule is CC1(C)CCN(Cc2cccc(/C(N)=N/O)c2F)CCS1. The molecular weight excluding hydrogens is 289 g/mol. The lowest BCUT2D eigenvalue weighted by molar-refractivity contribution is 0.272. The van der Waals surface area contributed by atoms with Gasteiger partial charge >= 0.3 is 0 Å². The molecule has 1 saturated heterocycles. The summed E-state index contributed by atoms with van der Waals surface area (Å²) in [4.78, 5) is 2.26. The molecule has 0 saturated carbocycles. The van der Waals surface area contributed by atoms with Crippen LogP contribution in [0.3, 0.4) is 0 Å². The van der Waals surface area contributed by atoms with Crippen LogP contribution in [0.25, 0.3) is 0 Å². The van der Waals surface area contributed by atoms with Crippen LogP contribution < -0.4 is 5.73 Å². The maximum absolute atomic E-state index is 14.4. The number of rotatable bonds is 3. The quantitative estimate of drug-likeness (QED) is 0.390. The standard InChI is InChI=1S/C15H22FN3OS/c1-15(2)6-7-19(8-9-21-15)10-11-4-3-5-12(13(11)16)14(17)18-20/h3-5,20H,6-10H2,1-2H3,(H2,17,18). The Morgan fingerprint density at radius 3 is 2.95 bits per heavy atom. The van der Waals surface area contributed by atoms with Crippen molar-refractivity contribution < 1.29 is 9.60 Å². The molecule has 1 aliphatic rings. The van der Waals surface area contributed by atoms with Crippen molar-refractivity contribution in [3.8, 4) is 0 Å². The molecule has 0 atom stereocenters. The van der Waals surface area contributed by atoms with Gasteiger partial charge in [0.25, 0.3) is 0 Å². The molecule has 1 aromatic carbocycles. The predicted molar refractivity (Wildman–Crippen MR) is 85.3 cm³/mol. The van der Waals surface area contributed by atoms with Crippen molar-refractivity contribution in [2.24, 2.45) is 10.9 Å². The third-order valence-electron chi connectivity index (χ3n) is 3.79. The Balaban J connectivity index is 2.13. The van der Waals surface area contributed by atoms with Gasteiger partial charge in [0, 0.05) is 29.2 Å². The number of oxime groups is 1. The Labute approximate surface area is 129 Å². The highest BCUT2D eigenvalue weighted by Crippen LogP contribution is 2.31. The number of amidine groups is 1. The summed E-state index contributed by atoms with van der Waals surface area (Å²) in [7, 11) is 0. The van der Waals surface area contributed by atoms with Gasteiger partial charge in [-0.2, -0.15) is 11.8 Å². The van der Waals surface area contributed by atoms with Crippen LogP contribution in [0.5, 0.6) is 0 Å². The molecule has 0 aliphatic carbocycles. The fourth-order valence-electron chi connectivity index (χ4n) is 2.41. The smallest absolute Gasteiger partial charge is 0.173 e. The van der Waals surface area contributed by atoms with Gasteiger partial charge in [-0.05, 0) is 19.0 Å². The summed E-state index contributed by atoms with van der Waals surface area (Å²) >= 11 is 1.96. The van der Waals surface area contributed by atoms with Crippen LogP contribution in [0, 0.1) is 5.82 Å². The molecule has 0 amide bonds. The highest BCUT2D eigenvalue weighted by Gasteiger charge is 2.24. The van der Waals surface area contributed by atoms with Crippen molar-refractivity contribution in [2.75, 3.05) is 18.8 Å². The monoisotopic (exact) mass is 311 g/mol. The van der Waals surface area contributed by atoms with Crippen LogP contribution in [-0.2, 0) is 6.54 Å². The van der Waals surface area contributed by atoms with Crippen LogP contribution in [0.15, 0.2) is 23.4 Å². The average Bonchev–Trinajstić information content (AvgIpc) is 2.61. The first kappa shape index (κ1) is 16.1. The molecule has 6 heteroatoms. The number of hydrogen-bond donors (Lipinski definition) is 2. The first-order chi connectivity index (χ1) is 9.93. The minimum Gasteiger partial charge on any atom is -0.409 e. The molecule has 21 heavy (non-hydrogen) atoms. The Bertz CT molecular complexity index is 534. The number of benzene rings is 1. The van der Waals surface area contributed by atoms with Crippen molar-refractivity contribution in [1.82, 2.24) is 4.90 Å². The third-order valence-corrected chi connectivity index (χ3v) is 5.16. The van der Waals surface area contributed by atoms with E-state index in [2.05, 4.69) is 23.9 Å². The molecule has 0 aromatic heterocycles. The summed E-state index contributed by atoms with van der Waals surface area (Å²) in [5, 5.41) is 11.6. The van der Waals surface area contributed by atoms with Crippen LogP contribution in [0.1, 0.15) is 31.4 Å². The summed E-state index contributed by atoms with van der Waals surface area (Å²) in [6, 6.07) is 5.02. The molecule has 1 heterocycles. The Kier molecular flexibility index (Phi) is 5.11. The lowest BCUT2D eigenvalue weighted by atomic mass is 10.1. The first-order valence-electron chi connectivity index (χ1n) is 7.04. The largest absolute Gasteiger partial charge is 0.409 e. The van der Waals surface area contributed by atoms with E-state index in [-0.39, 0.29) is 16.1 Å². The van der Waals surface area contributed by atoms with Gasteiger partial charge < -0.3 is 10.9 Å². The maximum atomic E-state index is 14.4. The molecule has 1 aromatic rings. The lowest BCUT2D eigenvalue weighted by Crippen LogP contribution is -2.27. The van der Waals surface area contributed by atoms with E-state index in [9.17, 15) is 4.39 Å². The third kappa shape index (κ3) is 4.11. The summed E-state index contributed by atoms with van der Waals surface area (Å²) < 4.78 is 14.7. The second kappa shape index (κ2) is 6.66. The number of nitrogens with zero attached hydrogens (tertiary/aromatic N) is 2. The summed E-state index contributed by atoms with van der Waals surface area (Å²) in [6.45, 7) is 6.95. The summed E-state index contributed by atoms with van der Waals surface area (Å²) in [6.07, 6.45) is 1.08. The first-order valence-corrected chi connectivity index (χ1v) is 8.03. The minimum atomic E-state index is -0.399. The second-order valence-corrected chi connectivity index (χ2v) is 7.70. The topological polar surface area (TPSA) is 61.8 Å². The Hall–Kier alpha value is -1.27. The molecule has 1 aliphatic heterocycles. The van der Waals surface area contributed by atoms with Gasteiger partial charge in [-0.25, -0.2) is 4.39 Å². The molecule has 0 spiro atoms. The predicted octanol–water partition coefficient (Wildman–Crippen LogP) is 2.64. The van der Waals surface area contributed by atoms with Gasteiger partial charge in [-0.1, -0.05) is 31.1 Å². The van der Waals surface area contributed by atoms with Crippen LogP contribution in [0.2, 0.25) is 0 Å². The van der Waals surface area contributed by atoms with E-state index in [0.717, 1.165) is 25.3 Å². The molecule has 0 bridgehead atoms. The molecule has 1 fully saturated rings. The van der Waals surface area contributed by atoms with Crippen molar-refractivity contribution in [3.63, 3.8) is 0 Å². The van der Waals surface area contributed by atoms with Gasteiger partial charge in [-0.15, -0.1) is 0 Å². The minimum absolute atomic E-state index is 0.152. The van der Waals surface area contributed by atoms with E-state index < -0.39 is 5.82 Å². The van der Waals surface area contributed by atoms with E-state index in [1.54, 1.807) is 12.1 Å². The molecule has 4 nitrogen and oxygen atoms in total. The zero-order valence-corrected chi connectivity index (χ0v) is 13.3. The Morgan fingerprint density at radius 1 is 1.48 bits per heavy atom. The van der Waals surface area contributed by atoms with Crippen LogP contribution in [0.4, 0.5) is 4.39 Å². The van der Waals surface area contributed by atoms with E-state index in [1.165, 1.54) is 6.07 Å². The van der Waals surface area contributed by atoms with Crippen molar-refractivity contribution in [2.45, 2.75) is 31.6 Å². The summed E-state index contributed by atoms with van der Waals surface area (Å²) in [5.41, 5.74) is 6.24. The second-order valence-electron chi connectivity index (χ2n) is 5.90. The Morgan fingerprint density at radius 2 is 2.24 bits per heavy atom. The van der Waals surface area contributed by atoms with Gasteiger partial charge in [0.05, 0.1) is 5.56 Å². The van der Waals surface area contributed by atoms with Crippen LogP contribution >= 0.6 is 11.8 Å².